The van der Waals surface area contributed by atoms with E-state index in [1.54, 1.807) is 24.3 Å². The van der Waals surface area contributed by atoms with Crippen molar-refractivity contribution in [2.75, 3.05) is 45.2 Å². The molecule has 0 saturated carbocycles. The Balaban J connectivity index is 1.46. The molecular formula is C29H29ClF2N4O6S. The highest BCUT2D eigenvalue weighted by Crippen LogP contribution is 2.22. The summed E-state index contributed by atoms with van der Waals surface area (Å²) in [4.78, 5) is 41.9. The monoisotopic (exact) mass is 634 g/mol. The van der Waals surface area contributed by atoms with Crippen LogP contribution >= 0.6 is 11.6 Å². The average Bonchev–Trinajstić information content (AvgIpc) is 2.96. The summed E-state index contributed by atoms with van der Waals surface area (Å²) in [6, 6.07) is 13.8. The van der Waals surface area contributed by atoms with E-state index in [-0.39, 0.29) is 35.0 Å². The third-order valence-corrected chi connectivity index (χ3v) is 8.91. The first-order valence-electron chi connectivity index (χ1n) is 13.1. The van der Waals surface area contributed by atoms with Gasteiger partial charge in [-0.3, -0.25) is 14.4 Å². The number of hydrogen-bond acceptors (Lipinski definition) is 6. The van der Waals surface area contributed by atoms with Gasteiger partial charge < -0.3 is 19.9 Å². The molecule has 1 N–H and O–H groups in total. The minimum absolute atomic E-state index is 0.0601. The van der Waals surface area contributed by atoms with Gasteiger partial charge in [0.1, 0.15) is 23.4 Å². The molecule has 3 aromatic rings. The summed E-state index contributed by atoms with van der Waals surface area (Å²) in [5, 5.41) is 2.81. The van der Waals surface area contributed by atoms with E-state index in [2.05, 4.69) is 5.32 Å². The molecule has 3 amide bonds. The molecule has 1 atom stereocenters. The highest BCUT2D eigenvalue weighted by Gasteiger charge is 2.34. The molecule has 0 bridgehead atoms. The summed E-state index contributed by atoms with van der Waals surface area (Å²) in [6.07, 6.45) is -0.237. The van der Waals surface area contributed by atoms with E-state index in [1.165, 1.54) is 48.2 Å². The molecule has 1 fully saturated rings. The lowest BCUT2D eigenvalue weighted by Crippen LogP contribution is -2.56. The third kappa shape index (κ3) is 7.86. The van der Waals surface area contributed by atoms with E-state index in [0.717, 1.165) is 16.4 Å². The number of hydrogen-bond donors (Lipinski definition) is 1. The van der Waals surface area contributed by atoms with E-state index in [0.29, 0.717) is 17.5 Å². The van der Waals surface area contributed by atoms with E-state index >= 15 is 0 Å². The number of sulfonamides is 1. The molecule has 1 aliphatic rings. The SMILES string of the molecule is COc1ccc(N(C)C(=O)[C@H](Cc2cc(F)cc(F)c2)NC(=O)CN2CCN(S(=O)(=O)c3cccc(Cl)c3)CC2=O)cc1. The summed E-state index contributed by atoms with van der Waals surface area (Å²) < 4.78 is 59.9. The molecule has 228 valence electrons. The number of likely N-dealkylation sites (N-methyl/N-ethyl adjacent to an activating group) is 1. The van der Waals surface area contributed by atoms with Gasteiger partial charge in [0.2, 0.25) is 27.7 Å². The molecule has 4 rings (SSSR count). The summed E-state index contributed by atoms with van der Waals surface area (Å²) in [6.45, 7) is -1.10. The lowest BCUT2D eigenvalue weighted by molar-refractivity contribution is -0.139. The average molecular weight is 635 g/mol. The van der Waals surface area contributed by atoms with Gasteiger partial charge >= 0.3 is 0 Å². The fraction of sp³-hybridized carbons (Fsp3) is 0.276. The molecule has 0 aliphatic carbocycles. The van der Waals surface area contributed by atoms with Crippen LogP contribution in [0.1, 0.15) is 5.56 Å². The number of nitrogens with one attached hydrogen (secondary N) is 1. The predicted molar refractivity (Wildman–Crippen MR) is 155 cm³/mol. The van der Waals surface area contributed by atoms with Crippen LogP contribution in [0.2, 0.25) is 5.02 Å². The molecule has 3 aromatic carbocycles. The van der Waals surface area contributed by atoms with Crippen molar-refractivity contribution in [1.29, 1.82) is 0 Å². The molecule has 1 saturated heterocycles. The van der Waals surface area contributed by atoms with Crippen molar-refractivity contribution in [3.05, 3.63) is 89.0 Å². The van der Waals surface area contributed by atoms with Crippen molar-refractivity contribution < 1.29 is 36.3 Å². The zero-order chi connectivity index (χ0) is 31.3. The van der Waals surface area contributed by atoms with E-state index in [4.69, 9.17) is 16.3 Å². The zero-order valence-electron chi connectivity index (χ0n) is 23.3. The highest BCUT2D eigenvalue weighted by molar-refractivity contribution is 7.89. The second-order valence-corrected chi connectivity index (χ2v) is 12.2. The lowest BCUT2D eigenvalue weighted by atomic mass is 10.0. The maximum Gasteiger partial charge on any atom is 0.249 e. The summed E-state index contributed by atoms with van der Waals surface area (Å²) in [5.74, 6) is -3.02. The Morgan fingerprint density at radius 2 is 1.72 bits per heavy atom. The number of rotatable bonds is 10. The zero-order valence-corrected chi connectivity index (χ0v) is 24.9. The van der Waals surface area contributed by atoms with Crippen LogP contribution in [0.5, 0.6) is 5.75 Å². The minimum Gasteiger partial charge on any atom is -0.497 e. The Hall–Kier alpha value is -4.07. The van der Waals surface area contributed by atoms with Gasteiger partial charge in [0, 0.05) is 43.3 Å². The molecule has 0 aromatic heterocycles. The fourth-order valence-electron chi connectivity index (χ4n) is 4.58. The van der Waals surface area contributed by atoms with Gasteiger partial charge in [-0.1, -0.05) is 17.7 Å². The second kappa shape index (κ2) is 13.5. The predicted octanol–water partition coefficient (Wildman–Crippen LogP) is 2.85. The van der Waals surface area contributed by atoms with Gasteiger partial charge in [-0.05, 0) is 60.2 Å². The van der Waals surface area contributed by atoms with E-state index in [1.807, 2.05) is 0 Å². The van der Waals surface area contributed by atoms with Crippen LogP contribution in [-0.4, -0.2) is 81.7 Å². The summed E-state index contributed by atoms with van der Waals surface area (Å²) >= 11 is 5.92. The summed E-state index contributed by atoms with van der Waals surface area (Å²) in [7, 11) is -1.02. The lowest BCUT2D eigenvalue weighted by Gasteiger charge is -2.33. The van der Waals surface area contributed by atoms with Gasteiger partial charge in [0.25, 0.3) is 0 Å². The normalized spacial score (nSPS) is 14.7. The first kappa shape index (κ1) is 31.9. The number of methoxy groups -OCH3 is 1. The van der Waals surface area contributed by atoms with E-state index in [9.17, 15) is 31.6 Å². The van der Waals surface area contributed by atoms with Gasteiger partial charge in [-0.15, -0.1) is 0 Å². The number of carbonyl (C=O) groups excluding carboxylic acids is 3. The number of anilines is 1. The Morgan fingerprint density at radius 1 is 1.05 bits per heavy atom. The number of ether oxygens (including phenoxy) is 1. The Labute approximate surface area is 252 Å². The Bertz CT molecular complexity index is 1600. The van der Waals surface area contributed by atoms with Crippen molar-refractivity contribution in [1.82, 2.24) is 14.5 Å². The highest BCUT2D eigenvalue weighted by atomic mass is 35.5. The Morgan fingerprint density at radius 3 is 2.33 bits per heavy atom. The maximum absolute atomic E-state index is 13.9. The molecule has 43 heavy (non-hydrogen) atoms. The largest absolute Gasteiger partial charge is 0.497 e. The smallest absolute Gasteiger partial charge is 0.249 e. The molecule has 0 radical (unpaired) electrons. The maximum atomic E-state index is 13.9. The fourth-order valence-corrected chi connectivity index (χ4v) is 6.26. The third-order valence-electron chi connectivity index (χ3n) is 6.84. The molecule has 0 unspecified atom stereocenters. The van der Waals surface area contributed by atoms with Gasteiger partial charge in [-0.25, -0.2) is 17.2 Å². The second-order valence-electron chi connectivity index (χ2n) is 9.81. The topological polar surface area (TPSA) is 116 Å². The molecule has 0 spiro atoms. The number of halogens is 3. The van der Waals surface area contributed by atoms with Gasteiger partial charge in [-0.2, -0.15) is 4.31 Å². The number of benzene rings is 3. The van der Waals surface area contributed by atoms with Crippen LogP contribution in [0, 0.1) is 11.6 Å². The minimum atomic E-state index is -4.00. The van der Waals surface area contributed by atoms with Crippen molar-refractivity contribution in [3.63, 3.8) is 0 Å². The number of nitrogens with zero attached hydrogens (tertiary/aromatic N) is 3. The first-order chi connectivity index (χ1) is 20.4. The molecule has 10 nitrogen and oxygen atoms in total. The van der Waals surface area contributed by atoms with Crippen LogP contribution in [0.25, 0.3) is 0 Å². The molecule has 1 aliphatic heterocycles. The van der Waals surface area contributed by atoms with Crippen LogP contribution in [-0.2, 0) is 30.8 Å². The Kier molecular flexibility index (Phi) is 9.99. The molecular weight excluding hydrogens is 606 g/mol. The number of carbonyl (C=O) groups is 3. The number of amides is 3. The quantitative estimate of drug-likeness (QED) is 0.367. The van der Waals surface area contributed by atoms with Crippen molar-refractivity contribution in [3.8, 4) is 5.75 Å². The van der Waals surface area contributed by atoms with E-state index < -0.39 is 58.5 Å². The summed E-state index contributed by atoms with van der Waals surface area (Å²) in [5.41, 5.74) is 0.609. The van der Waals surface area contributed by atoms with Crippen LogP contribution in [0.4, 0.5) is 14.5 Å². The van der Waals surface area contributed by atoms with Crippen LogP contribution in [0.15, 0.2) is 71.6 Å². The van der Waals surface area contributed by atoms with Crippen molar-refractivity contribution >= 4 is 45.0 Å². The molecule has 14 heteroatoms. The first-order valence-corrected chi connectivity index (χ1v) is 14.9. The van der Waals surface area contributed by atoms with Crippen molar-refractivity contribution in [2.45, 2.75) is 17.4 Å². The van der Waals surface area contributed by atoms with Crippen molar-refractivity contribution in [2.24, 2.45) is 0 Å². The van der Waals surface area contributed by atoms with Gasteiger partial charge in [0.05, 0.1) is 25.1 Å². The standard InChI is InChI=1S/C29H29ClF2N4O6S/c1-34(23-6-8-24(42-2)9-7-23)29(39)26(14-19-12-21(31)16-22(32)13-19)33-27(37)17-35-10-11-36(18-28(35)38)43(40,41)25-5-3-4-20(30)15-25/h3-9,12-13,15-16,26H,10-11,14,17-18H2,1-2H3,(H,33,37)/t26-/m0/s1. The molecule has 1 heterocycles. The van der Waals surface area contributed by atoms with Gasteiger partial charge in [0.15, 0.2) is 0 Å². The van der Waals surface area contributed by atoms with Crippen LogP contribution < -0.4 is 15.0 Å². The van der Waals surface area contributed by atoms with Crippen LogP contribution in [0.3, 0.4) is 0 Å². The number of piperazine rings is 1.